The Bertz CT molecular complexity index is 320. The van der Waals surface area contributed by atoms with Gasteiger partial charge in [-0.05, 0) is 18.6 Å². The maximum absolute atomic E-state index is 6.10. The molecule has 1 rings (SSSR count). The number of aromatic nitrogens is 2. The lowest BCUT2D eigenvalue weighted by atomic mass is 10.2. The number of thioether (sulfide) groups is 1. The normalized spacial score (nSPS) is 10.9. The van der Waals surface area contributed by atoms with E-state index in [1.165, 1.54) is 19.3 Å². The Balaban J connectivity index is 2.57. The predicted molar refractivity (Wildman–Crippen MR) is 71.9 cm³/mol. The topological polar surface area (TPSA) is 43.8 Å². The van der Waals surface area contributed by atoms with Gasteiger partial charge in [-0.15, -0.1) is 11.8 Å². The van der Waals surface area contributed by atoms with Crippen molar-refractivity contribution in [3.8, 4) is 0 Å². The molecule has 0 aromatic carbocycles. The maximum atomic E-state index is 6.10. The number of nitrogens with zero attached hydrogens (tertiary/aromatic N) is 2. The van der Waals surface area contributed by atoms with Crippen LogP contribution in [0.25, 0.3) is 0 Å². The lowest BCUT2D eigenvalue weighted by Gasteiger charge is -2.02. The summed E-state index contributed by atoms with van der Waals surface area (Å²) in [5, 5.41) is 5.61. The fourth-order valence-corrected chi connectivity index (χ4v) is 2.73. The highest BCUT2D eigenvalue weighted by Gasteiger charge is 2.12. The molecule has 0 radical (unpaired) electrons. The van der Waals surface area contributed by atoms with Crippen LogP contribution in [0.4, 0.5) is 5.69 Å². The van der Waals surface area contributed by atoms with E-state index in [4.69, 9.17) is 5.73 Å². The van der Waals surface area contributed by atoms with Gasteiger partial charge >= 0.3 is 0 Å². The van der Waals surface area contributed by atoms with Crippen LogP contribution in [0.1, 0.15) is 45.2 Å². The third-order valence-corrected chi connectivity index (χ3v) is 3.83. The molecule has 0 atom stereocenters. The zero-order valence-corrected chi connectivity index (χ0v) is 11.4. The molecule has 0 unspecified atom stereocenters. The number of hydrogen-bond acceptors (Lipinski definition) is 3. The Morgan fingerprint density at radius 3 is 2.62 bits per heavy atom. The van der Waals surface area contributed by atoms with E-state index in [0.717, 1.165) is 35.0 Å². The summed E-state index contributed by atoms with van der Waals surface area (Å²) in [5.74, 6) is 1.14. The lowest BCUT2D eigenvalue weighted by Crippen LogP contribution is -1.95. The second-order valence-electron chi connectivity index (χ2n) is 4.09. The van der Waals surface area contributed by atoms with E-state index in [9.17, 15) is 0 Å². The zero-order chi connectivity index (χ0) is 12.0. The van der Waals surface area contributed by atoms with Crippen LogP contribution in [0.5, 0.6) is 0 Å². The second-order valence-corrected chi connectivity index (χ2v) is 5.18. The fourth-order valence-electron chi connectivity index (χ4n) is 1.69. The predicted octanol–water partition coefficient (Wildman–Crippen LogP) is 3.24. The first-order valence-corrected chi connectivity index (χ1v) is 7.13. The Morgan fingerprint density at radius 2 is 2.00 bits per heavy atom. The highest BCUT2D eigenvalue weighted by atomic mass is 32.2. The van der Waals surface area contributed by atoms with Crippen LogP contribution < -0.4 is 5.73 Å². The smallest absolute Gasteiger partial charge is 0.117 e. The molecule has 0 saturated heterocycles. The highest BCUT2D eigenvalue weighted by Crippen LogP contribution is 2.28. The minimum absolute atomic E-state index is 0.894. The van der Waals surface area contributed by atoms with Crippen molar-refractivity contribution in [2.24, 2.45) is 7.05 Å². The quantitative estimate of drug-likeness (QED) is 0.589. The lowest BCUT2D eigenvalue weighted by molar-refractivity contribution is 0.680. The Labute approximate surface area is 103 Å². The molecule has 0 bridgehead atoms. The molecule has 0 aliphatic heterocycles. The number of nitrogens with two attached hydrogens (primary N) is 1. The molecule has 4 heteroatoms. The zero-order valence-electron chi connectivity index (χ0n) is 10.6. The van der Waals surface area contributed by atoms with Gasteiger partial charge in [0.25, 0.3) is 0 Å². The second kappa shape index (κ2) is 6.84. The largest absolute Gasteiger partial charge is 0.395 e. The van der Waals surface area contributed by atoms with E-state index in [1.807, 2.05) is 23.5 Å². The minimum Gasteiger partial charge on any atom is -0.395 e. The van der Waals surface area contributed by atoms with Crippen molar-refractivity contribution >= 4 is 17.4 Å². The van der Waals surface area contributed by atoms with Crippen molar-refractivity contribution in [1.82, 2.24) is 9.78 Å². The molecule has 1 heterocycles. The molecule has 0 amide bonds. The average Bonchev–Trinajstić information content (AvgIpc) is 2.52. The molecular weight excluding hydrogens is 218 g/mol. The Morgan fingerprint density at radius 1 is 1.25 bits per heavy atom. The first-order chi connectivity index (χ1) is 7.70. The molecule has 3 nitrogen and oxygen atoms in total. The summed E-state index contributed by atoms with van der Waals surface area (Å²) in [6.45, 7) is 4.38. The summed E-state index contributed by atoms with van der Waals surface area (Å²) in [6, 6.07) is 0. The molecule has 0 saturated carbocycles. The number of unbranched alkanes of at least 4 members (excludes halogenated alkanes) is 2. The van der Waals surface area contributed by atoms with Gasteiger partial charge < -0.3 is 5.73 Å². The number of hydrogen-bond donors (Lipinski definition) is 1. The monoisotopic (exact) mass is 241 g/mol. The van der Waals surface area contributed by atoms with E-state index >= 15 is 0 Å². The average molecular weight is 241 g/mol. The number of nitrogen functional groups attached to an aromatic ring is 1. The van der Waals surface area contributed by atoms with Crippen LogP contribution in [0, 0.1) is 0 Å². The summed E-state index contributed by atoms with van der Waals surface area (Å²) >= 11 is 1.84. The van der Waals surface area contributed by atoms with Crippen molar-refractivity contribution in [3.63, 3.8) is 0 Å². The summed E-state index contributed by atoms with van der Waals surface area (Å²) in [4.78, 5) is 0. The third-order valence-electron chi connectivity index (χ3n) is 2.58. The first kappa shape index (κ1) is 13.4. The van der Waals surface area contributed by atoms with Gasteiger partial charge in [-0.2, -0.15) is 5.10 Å². The summed E-state index contributed by atoms with van der Waals surface area (Å²) in [5.41, 5.74) is 8.05. The number of rotatable bonds is 7. The van der Waals surface area contributed by atoms with Crippen molar-refractivity contribution in [1.29, 1.82) is 0 Å². The van der Waals surface area contributed by atoms with Crippen LogP contribution in [-0.4, -0.2) is 15.5 Å². The fraction of sp³-hybridized carbons (Fsp3) is 0.750. The van der Waals surface area contributed by atoms with E-state index in [-0.39, 0.29) is 0 Å². The van der Waals surface area contributed by atoms with Gasteiger partial charge in [-0.25, -0.2) is 0 Å². The van der Waals surface area contributed by atoms with Gasteiger partial charge in [0.2, 0.25) is 0 Å². The molecule has 1 aromatic rings. The van der Waals surface area contributed by atoms with Crippen LogP contribution in [0.2, 0.25) is 0 Å². The van der Waals surface area contributed by atoms with Gasteiger partial charge in [0.05, 0.1) is 11.4 Å². The summed E-state index contributed by atoms with van der Waals surface area (Å²) in [6.07, 6.45) is 5.90. The standard InChI is InChI=1S/C12H23N3S/c1-4-6-7-9-16-12-11(13)10(8-5-2)14-15(12)3/h4-9,13H2,1-3H3. The molecule has 16 heavy (non-hydrogen) atoms. The van der Waals surface area contributed by atoms with Gasteiger partial charge in [-0.1, -0.05) is 33.1 Å². The van der Waals surface area contributed by atoms with Crippen molar-refractivity contribution < 1.29 is 0 Å². The third kappa shape index (κ3) is 3.44. The Hall–Kier alpha value is -0.640. The minimum atomic E-state index is 0.894. The van der Waals surface area contributed by atoms with Gasteiger partial charge in [0.1, 0.15) is 5.03 Å². The van der Waals surface area contributed by atoms with E-state index in [1.54, 1.807) is 0 Å². The molecular formula is C12H23N3S. The summed E-state index contributed by atoms with van der Waals surface area (Å²) in [7, 11) is 1.98. The van der Waals surface area contributed by atoms with Crippen LogP contribution in [0.3, 0.4) is 0 Å². The van der Waals surface area contributed by atoms with Gasteiger partial charge in [-0.3, -0.25) is 4.68 Å². The molecule has 0 spiro atoms. The van der Waals surface area contributed by atoms with Crippen molar-refractivity contribution in [3.05, 3.63) is 5.69 Å². The first-order valence-electron chi connectivity index (χ1n) is 6.14. The number of aryl methyl sites for hydroxylation is 2. The van der Waals surface area contributed by atoms with Gasteiger partial charge in [0.15, 0.2) is 0 Å². The van der Waals surface area contributed by atoms with Crippen LogP contribution >= 0.6 is 11.8 Å². The van der Waals surface area contributed by atoms with Crippen LogP contribution in [-0.2, 0) is 13.5 Å². The molecule has 0 fully saturated rings. The molecule has 1 aromatic heterocycles. The molecule has 0 aliphatic rings. The van der Waals surface area contributed by atoms with Crippen molar-refractivity contribution in [2.45, 2.75) is 51.0 Å². The van der Waals surface area contributed by atoms with E-state index in [2.05, 4.69) is 18.9 Å². The molecule has 92 valence electrons. The van der Waals surface area contributed by atoms with E-state index < -0.39 is 0 Å². The Kier molecular flexibility index (Phi) is 5.74. The maximum Gasteiger partial charge on any atom is 0.117 e. The SMILES string of the molecule is CCCCCSc1c(N)c(CCC)nn1C. The molecule has 2 N–H and O–H groups in total. The number of anilines is 1. The highest BCUT2D eigenvalue weighted by molar-refractivity contribution is 7.99. The molecule has 0 aliphatic carbocycles. The summed E-state index contributed by atoms with van der Waals surface area (Å²) < 4.78 is 1.93. The van der Waals surface area contributed by atoms with Crippen molar-refractivity contribution in [2.75, 3.05) is 11.5 Å². The van der Waals surface area contributed by atoms with Crippen LogP contribution in [0.15, 0.2) is 5.03 Å². The van der Waals surface area contributed by atoms with E-state index in [0.29, 0.717) is 0 Å². The van der Waals surface area contributed by atoms with Gasteiger partial charge in [0, 0.05) is 7.05 Å².